The molecule has 3 aromatic rings. The summed E-state index contributed by atoms with van der Waals surface area (Å²) in [5.74, 6) is 1.47. The third-order valence-electron chi connectivity index (χ3n) is 4.58. The lowest BCUT2D eigenvalue weighted by Crippen LogP contribution is -2.29. The summed E-state index contributed by atoms with van der Waals surface area (Å²) in [6.45, 7) is 0.592. The van der Waals surface area contributed by atoms with Crippen LogP contribution < -0.4 is 9.47 Å². The molecule has 2 heterocycles. The van der Waals surface area contributed by atoms with Crippen molar-refractivity contribution in [2.45, 2.75) is 31.8 Å². The van der Waals surface area contributed by atoms with Crippen molar-refractivity contribution in [1.82, 2.24) is 4.98 Å². The molecule has 1 unspecified atom stereocenters. The molecule has 1 atom stereocenters. The molecule has 0 saturated heterocycles. The molecule has 0 spiro atoms. The number of aromatic amines is 1. The zero-order valence-electron chi connectivity index (χ0n) is 14.0. The Hall–Kier alpha value is -2.49. The van der Waals surface area contributed by atoms with Crippen molar-refractivity contribution in [3.8, 4) is 11.5 Å². The normalized spacial score (nSPS) is 16.3. The maximum atomic E-state index is 13.4. The van der Waals surface area contributed by atoms with E-state index in [-0.39, 0.29) is 11.9 Å². The van der Waals surface area contributed by atoms with Crippen LogP contribution in [0.3, 0.4) is 0 Å². The molecule has 1 N–H and O–H groups in total. The summed E-state index contributed by atoms with van der Waals surface area (Å²) in [7, 11) is 0. The Kier molecular flexibility index (Phi) is 4.59. The van der Waals surface area contributed by atoms with Crippen LogP contribution in [0.4, 0.5) is 4.39 Å². The molecule has 0 amide bonds. The number of para-hydroxylation sites is 2. The summed E-state index contributed by atoms with van der Waals surface area (Å²) < 4.78 is 25.1. The molecule has 3 nitrogen and oxygen atoms in total. The first-order valence-electron chi connectivity index (χ1n) is 8.75. The number of aromatic nitrogens is 1. The number of benzene rings is 2. The fourth-order valence-corrected chi connectivity index (χ4v) is 3.28. The second-order valence-corrected chi connectivity index (χ2v) is 6.42. The van der Waals surface area contributed by atoms with Crippen molar-refractivity contribution in [1.29, 1.82) is 0 Å². The summed E-state index contributed by atoms with van der Waals surface area (Å²) >= 11 is 0. The van der Waals surface area contributed by atoms with Crippen molar-refractivity contribution in [2.24, 2.45) is 0 Å². The van der Waals surface area contributed by atoms with Gasteiger partial charge < -0.3 is 14.5 Å². The summed E-state index contributed by atoms with van der Waals surface area (Å²) in [5, 5.41) is 0.987. The van der Waals surface area contributed by atoms with Crippen molar-refractivity contribution in [2.75, 3.05) is 6.61 Å². The van der Waals surface area contributed by atoms with Crippen LogP contribution in [0.5, 0.6) is 11.5 Å². The van der Waals surface area contributed by atoms with Crippen molar-refractivity contribution >= 4 is 10.9 Å². The topological polar surface area (TPSA) is 34.2 Å². The molecule has 1 aliphatic heterocycles. The fourth-order valence-electron chi connectivity index (χ4n) is 3.28. The number of aryl methyl sites for hydroxylation is 1. The van der Waals surface area contributed by atoms with Crippen LogP contribution in [0.25, 0.3) is 10.9 Å². The van der Waals surface area contributed by atoms with Gasteiger partial charge in [-0.05, 0) is 68.0 Å². The Labute approximate surface area is 146 Å². The summed E-state index contributed by atoms with van der Waals surface area (Å²) in [4.78, 5) is 3.20. The Morgan fingerprint density at radius 2 is 2.04 bits per heavy atom. The second kappa shape index (κ2) is 7.18. The highest BCUT2D eigenvalue weighted by Crippen LogP contribution is 2.32. The minimum atomic E-state index is -0.186. The quantitative estimate of drug-likeness (QED) is 0.637. The molecular weight excluding hydrogens is 317 g/mol. The Morgan fingerprint density at radius 3 is 2.96 bits per heavy atom. The van der Waals surface area contributed by atoms with Crippen molar-refractivity contribution in [3.63, 3.8) is 0 Å². The third-order valence-corrected chi connectivity index (χ3v) is 4.58. The standard InChI is InChI=1S/C21H21FNO2/c22-16-10-11-19-18(12-16)15(13-23-19)6-2-1-3-7-17-14-24-20-8-4-5-9-21(20)25-17/h3-5,8-13,17,23H,1-2,6-7,14H2. The van der Waals surface area contributed by atoms with E-state index in [2.05, 4.69) is 11.4 Å². The zero-order valence-corrected chi connectivity index (χ0v) is 14.0. The molecule has 0 saturated carbocycles. The molecular formula is C21H21FNO2. The highest BCUT2D eigenvalue weighted by Gasteiger charge is 2.19. The monoisotopic (exact) mass is 338 g/mol. The maximum absolute atomic E-state index is 13.4. The second-order valence-electron chi connectivity index (χ2n) is 6.42. The molecule has 25 heavy (non-hydrogen) atoms. The predicted molar refractivity (Wildman–Crippen MR) is 96.5 cm³/mol. The lowest BCUT2D eigenvalue weighted by Gasteiger charge is -2.26. The van der Waals surface area contributed by atoms with Gasteiger partial charge in [-0.1, -0.05) is 12.1 Å². The predicted octanol–water partition coefficient (Wildman–Crippen LogP) is 5.06. The highest BCUT2D eigenvalue weighted by molar-refractivity contribution is 5.83. The number of hydrogen-bond donors (Lipinski definition) is 1. The van der Waals surface area contributed by atoms with E-state index in [9.17, 15) is 4.39 Å². The molecule has 1 aromatic heterocycles. The molecule has 2 aromatic carbocycles. The van der Waals surface area contributed by atoms with Crippen LogP contribution in [0.1, 0.15) is 24.8 Å². The number of hydrogen-bond acceptors (Lipinski definition) is 2. The Morgan fingerprint density at radius 1 is 1.16 bits per heavy atom. The van der Waals surface area contributed by atoms with Crippen molar-refractivity contribution in [3.05, 3.63) is 66.5 Å². The van der Waals surface area contributed by atoms with E-state index in [1.54, 1.807) is 12.1 Å². The Balaban J connectivity index is 1.23. The van der Waals surface area contributed by atoms with E-state index < -0.39 is 0 Å². The lowest BCUT2D eigenvalue weighted by molar-refractivity contribution is 0.0900. The summed E-state index contributed by atoms with van der Waals surface area (Å²) in [6, 6.07) is 12.7. The van der Waals surface area contributed by atoms with Gasteiger partial charge in [-0.25, -0.2) is 4.39 Å². The van der Waals surface area contributed by atoms with Crippen LogP contribution in [0.15, 0.2) is 48.7 Å². The molecule has 4 heteroatoms. The average molecular weight is 338 g/mol. The zero-order chi connectivity index (χ0) is 17.1. The minimum absolute atomic E-state index is 0.0806. The number of halogens is 1. The van der Waals surface area contributed by atoms with Gasteiger partial charge in [0.2, 0.25) is 0 Å². The first-order chi connectivity index (χ1) is 12.3. The van der Waals surface area contributed by atoms with Crippen LogP contribution >= 0.6 is 0 Å². The first kappa shape index (κ1) is 16.0. The Bertz CT molecular complexity index is 858. The van der Waals surface area contributed by atoms with Gasteiger partial charge >= 0.3 is 0 Å². The number of H-pyrrole nitrogens is 1. The summed E-state index contributed by atoms with van der Waals surface area (Å²) in [6.07, 6.45) is 8.17. The van der Waals surface area contributed by atoms with Gasteiger partial charge in [0, 0.05) is 17.1 Å². The van der Waals surface area contributed by atoms with Gasteiger partial charge in [0.25, 0.3) is 0 Å². The van der Waals surface area contributed by atoms with E-state index in [0.717, 1.165) is 48.1 Å². The van der Waals surface area contributed by atoms with Gasteiger partial charge in [0.1, 0.15) is 18.5 Å². The van der Waals surface area contributed by atoms with Gasteiger partial charge in [-0.2, -0.15) is 0 Å². The molecule has 0 bridgehead atoms. The average Bonchev–Trinajstić information content (AvgIpc) is 3.03. The minimum Gasteiger partial charge on any atom is -0.486 e. The van der Waals surface area contributed by atoms with Gasteiger partial charge in [-0.3, -0.25) is 0 Å². The molecule has 4 rings (SSSR count). The smallest absolute Gasteiger partial charge is 0.161 e. The fraction of sp³-hybridized carbons (Fsp3) is 0.286. The van der Waals surface area contributed by atoms with E-state index in [1.807, 2.05) is 30.5 Å². The van der Waals surface area contributed by atoms with Crippen LogP contribution in [0, 0.1) is 12.2 Å². The molecule has 0 fully saturated rings. The van der Waals surface area contributed by atoms with E-state index in [0.29, 0.717) is 6.61 Å². The largest absolute Gasteiger partial charge is 0.486 e. The number of unbranched alkanes of at least 4 members (excludes halogenated alkanes) is 2. The SMILES string of the molecule is Fc1ccc2[nH]cc(CCC[CH]CC3COc4ccccc4O3)c2c1. The van der Waals surface area contributed by atoms with Gasteiger partial charge in [0.05, 0.1) is 0 Å². The van der Waals surface area contributed by atoms with Gasteiger partial charge in [-0.15, -0.1) is 0 Å². The number of ether oxygens (including phenoxy) is 2. The molecule has 129 valence electrons. The van der Waals surface area contributed by atoms with Crippen LogP contribution in [-0.4, -0.2) is 17.7 Å². The lowest BCUT2D eigenvalue weighted by atomic mass is 10.0. The molecule has 1 radical (unpaired) electrons. The third kappa shape index (κ3) is 3.63. The maximum Gasteiger partial charge on any atom is 0.161 e. The molecule has 0 aliphatic carbocycles. The van der Waals surface area contributed by atoms with E-state index in [4.69, 9.17) is 9.47 Å². The number of rotatable bonds is 6. The van der Waals surface area contributed by atoms with Gasteiger partial charge in [0.15, 0.2) is 11.5 Å². The number of fused-ring (bicyclic) bond motifs is 2. The number of nitrogens with one attached hydrogen (secondary N) is 1. The van der Waals surface area contributed by atoms with E-state index >= 15 is 0 Å². The molecule has 1 aliphatic rings. The van der Waals surface area contributed by atoms with E-state index in [1.165, 1.54) is 11.6 Å². The first-order valence-corrected chi connectivity index (χ1v) is 8.75. The van der Waals surface area contributed by atoms with Crippen LogP contribution in [-0.2, 0) is 6.42 Å². The highest BCUT2D eigenvalue weighted by atomic mass is 19.1. The van der Waals surface area contributed by atoms with Crippen LogP contribution in [0.2, 0.25) is 0 Å². The van der Waals surface area contributed by atoms with Crippen molar-refractivity contribution < 1.29 is 13.9 Å². The summed E-state index contributed by atoms with van der Waals surface area (Å²) in [5.41, 5.74) is 2.17.